The largest absolute Gasteiger partial charge is 0.493 e. The number of hydrogen-bond acceptors (Lipinski definition) is 3. The van der Waals surface area contributed by atoms with Crippen LogP contribution in [0.25, 0.3) is 0 Å². The molecule has 25 heavy (non-hydrogen) atoms. The van der Waals surface area contributed by atoms with E-state index < -0.39 is 0 Å². The van der Waals surface area contributed by atoms with E-state index in [1.165, 1.54) is 0 Å². The second-order valence-corrected chi connectivity index (χ2v) is 7.97. The van der Waals surface area contributed by atoms with Crippen LogP contribution in [0.1, 0.15) is 31.9 Å². The number of halogens is 3. The fourth-order valence-corrected chi connectivity index (χ4v) is 2.82. The van der Waals surface area contributed by atoms with Crippen LogP contribution in [-0.2, 0) is 13.2 Å². The zero-order valence-corrected chi connectivity index (χ0v) is 17.0. The van der Waals surface area contributed by atoms with Crippen molar-refractivity contribution in [1.29, 1.82) is 0 Å². The highest BCUT2D eigenvalue weighted by molar-refractivity contribution is 6.35. The van der Waals surface area contributed by atoms with Crippen molar-refractivity contribution >= 4 is 34.8 Å². The molecule has 0 saturated carbocycles. The molecule has 0 aromatic heterocycles. The minimum atomic E-state index is -0.00291. The van der Waals surface area contributed by atoms with E-state index in [0.717, 1.165) is 11.1 Å². The molecule has 136 valence electrons. The van der Waals surface area contributed by atoms with E-state index in [4.69, 9.17) is 44.3 Å². The Morgan fingerprint density at radius 1 is 0.920 bits per heavy atom. The number of benzene rings is 2. The van der Waals surface area contributed by atoms with Gasteiger partial charge in [0.15, 0.2) is 11.5 Å². The van der Waals surface area contributed by atoms with Gasteiger partial charge in [-0.2, -0.15) is 0 Å². The summed E-state index contributed by atoms with van der Waals surface area (Å²) in [5, 5.41) is 5.18. The lowest BCUT2D eigenvalue weighted by Crippen LogP contribution is -2.35. The molecule has 0 spiro atoms. The highest BCUT2D eigenvalue weighted by Crippen LogP contribution is 2.34. The van der Waals surface area contributed by atoms with Crippen molar-refractivity contribution in [3.8, 4) is 11.5 Å². The summed E-state index contributed by atoms with van der Waals surface area (Å²) in [4.78, 5) is 0. The fraction of sp³-hybridized carbons (Fsp3) is 0.368. The van der Waals surface area contributed by atoms with Crippen molar-refractivity contribution < 1.29 is 9.47 Å². The normalized spacial score (nSPS) is 11.5. The van der Waals surface area contributed by atoms with Crippen molar-refractivity contribution in [2.45, 2.75) is 39.5 Å². The third-order valence-electron chi connectivity index (χ3n) is 3.54. The molecule has 2 aromatic rings. The predicted octanol–water partition coefficient (Wildman–Crippen LogP) is 6.12. The van der Waals surface area contributed by atoms with Gasteiger partial charge in [-0.05, 0) is 44.5 Å². The highest BCUT2D eigenvalue weighted by atomic mass is 35.5. The minimum absolute atomic E-state index is 0.00291. The van der Waals surface area contributed by atoms with E-state index in [9.17, 15) is 0 Å². The first-order valence-electron chi connectivity index (χ1n) is 7.88. The van der Waals surface area contributed by atoms with Crippen molar-refractivity contribution in [3.63, 3.8) is 0 Å². The SMILES string of the molecule is COc1cc(CNC(C)(C)C)c(Cl)cc1OCc1ccc(Cl)cc1Cl. The summed E-state index contributed by atoms with van der Waals surface area (Å²) in [6.45, 7) is 7.24. The molecule has 0 aliphatic carbocycles. The summed E-state index contributed by atoms with van der Waals surface area (Å²) in [5.74, 6) is 1.19. The van der Waals surface area contributed by atoms with Crippen LogP contribution < -0.4 is 14.8 Å². The average Bonchev–Trinajstić information content (AvgIpc) is 2.52. The van der Waals surface area contributed by atoms with Crippen molar-refractivity contribution in [1.82, 2.24) is 5.32 Å². The monoisotopic (exact) mass is 401 g/mol. The summed E-state index contributed by atoms with van der Waals surface area (Å²) in [6, 6.07) is 8.95. The van der Waals surface area contributed by atoms with Gasteiger partial charge in [0.1, 0.15) is 6.61 Å². The molecule has 6 heteroatoms. The molecule has 0 radical (unpaired) electrons. The average molecular weight is 403 g/mol. The molecule has 2 rings (SSSR count). The molecule has 2 aromatic carbocycles. The molecule has 0 bridgehead atoms. The quantitative estimate of drug-likeness (QED) is 0.631. The minimum Gasteiger partial charge on any atom is -0.493 e. The van der Waals surface area contributed by atoms with Crippen LogP contribution in [0.5, 0.6) is 11.5 Å². The van der Waals surface area contributed by atoms with Gasteiger partial charge < -0.3 is 14.8 Å². The number of hydrogen-bond donors (Lipinski definition) is 1. The van der Waals surface area contributed by atoms with E-state index in [2.05, 4.69) is 26.1 Å². The number of nitrogens with one attached hydrogen (secondary N) is 1. The van der Waals surface area contributed by atoms with Gasteiger partial charge in [0.25, 0.3) is 0 Å². The van der Waals surface area contributed by atoms with E-state index >= 15 is 0 Å². The van der Waals surface area contributed by atoms with Crippen LogP contribution >= 0.6 is 34.8 Å². The smallest absolute Gasteiger partial charge is 0.163 e. The second kappa shape index (κ2) is 8.50. The molecule has 0 aliphatic heterocycles. The number of rotatable bonds is 6. The summed E-state index contributed by atoms with van der Waals surface area (Å²) in [5.41, 5.74) is 1.78. The van der Waals surface area contributed by atoms with Crippen LogP contribution in [0.15, 0.2) is 30.3 Å². The third kappa shape index (κ3) is 5.96. The molecule has 0 fully saturated rings. The van der Waals surface area contributed by atoms with Gasteiger partial charge in [-0.15, -0.1) is 0 Å². The van der Waals surface area contributed by atoms with E-state index in [1.54, 1.807) is 25.3 Å². The molecule has 0 heterocycles. The van der Waals surface area contributed by atoms with Gasteiger partial charge in [-0.3, -0.25) is 0 Å². The third-order valence-corrected chi connectivity index (χ3v) is 4.48. The summed E-state index contributed by atoms with van der Waals surface area (Å²) in [6.07, 6.45) is 0. The van der Waals surface area contributed by atoms with Gasteiger partial charge in [-0.1, -0.05) is 40.9 Å². The topological polar surface area (TPSA) is 30.5 Å². The Morgan fingerprint density at radius 3 is 2.20 bits per heavy atom. The summed E-state index contributed by atoms with van der Waals surface area (Å²) in [7, 11) is 1.60. The lowest BCUT2D eigenvalue weighted by molar-refractivity contribution is 0.284. The van der Waals surface area contributed by atoms with Crippen LogP contribution in [0.4, 0.5) is 0 Å². The molecular formula is C19H22Cl3NO2. The van der Waals surface area contributed by atoms with Gasteiger partial charge in [0.05, 0.1) is 7.11 Å². The van der Waals surface area contributed by atoms with E-state index in [0.29, 0.717) is 39.7 Å². The number of methoxy groups -OCH3 is 1. The van der Waals surface area contributed by atoms with E-state index in [1.807, 2.05) is 12.1 Å². The number of ether oxygens (including phenoxy) is 2. The predicted molar refractivity (Wildman–Crippen MR) is 105 cm³/mol. The zero-order valence-electron chi connectivity index (χ0n) is 14.8. The standard InChI is InChI=1S/C19H22Cl3NO2/c1-19(2,3)23-10-13-7-17(24-4)18(9-16(13)22)25-11-12-5-6-14(20)8-15(12)21/h5-9,23H,10-11H2,1-4H3. The first-order valence-corrected chi connectivity index (χ1v) is 9.01. The van der Waals surface area contributed by atoms with Gasteiger partial charge >= 0.3 is 0 Å². The molecule has 1 N–H and O–H groups in total. The lowest BCUT2D eigenvalue weighted by Gasteiger charge is -2.21. The van der Waals surface area contributed by atoms with Crippen molar-refractivity contribution in [2.75, 3.05) is 7.11 Å². The summed E-state index contributed by atoms with van der Waals surface area (Å²) < 4.78 is 11.3. The molecule has 0 atom stereocenters. The maximum atomic E-state index is 6.40. The highest BCUT2D eigenvalue weighted by Gasteiger charge is 2.14. The Balaban J connectivity index is 2.16. The van der Waals surface area contributed by atoms with Crippen LogP contribution in [-0.4, -0.2) is 12.6 Å². The molecule has 0 aliphatic rings. The Morgan fingerprint density at radius 2 is 1.60 bits per heavy atom. The lowest BCUT2D eigenvalue weighted by atomic mass is 10.1. The van der Waals surface area contributed by atoms with Gasteiger partial charge in [0, 0.05) is 38.8 Å². The molecule has 0 saturated heterocycles. The van der Waals surface area contributed by atoms with E-state index in [-0.39, 0.29) is 5.54 Å². The zero-order chi connectivity index (χ0) is 18.6. The Kier molecular flexibility index (Phi) is 6.86. The second-order valence-electron chi connectivity index (χ2n) is 6.72. The molecular weight excluding hydrogens is 381 g/mol. The Hall–Kier alpha value is -1.13. The first kappa shape index (κ1) is 20.2. The van der Waals surface area contributed by atoms with Gasteiger partial charge in [0.2, 0.25) is 0 Å². The maximum Gasteiger partial charge on any atom is 0.163 e. The van der Waals surface area contributed by atoms with Crippen molar-refractivity contribution in [3.05, 3.63) is 56.5 Å². The Bertz CT molecular complexity index is 742. The molecule has 3 nitrogen and oxygen atoms in total. The molecule has 0 unspecified atom stereocenters. The Labute approximate surface area is 164 Å². The maximum absolute atomic E-state index is 6.40. The van der Waals surface area contributed by atoms with Crippen LogP contribution in [0.3, 0.4) is 0 Å². The van der Waals surface area contributed by atoms with Crippen LogP contribution in [0, 0.1) is 0 Å². The van der Waals surface area contributed by atoms with Gasteiger partial charge in [-0.25, -0.2) is 0 Å². The fourth-order valence-electron chi connectivity index (χ4n) is 2.14. The van der Waals surface area contributed by atoms with Crippen LogP contribution in [0.2, 0.25) is 15.1 Å². The molecule has 0 amide bonds. The first-order chi connectivity index (χ1) is 11.7. The summed E-state index contributed by atoms with van der Waals surface area (Å²) >= 11 is 18.5. The van der Waals surface area contributed by atoms with Crippen molar-refractivity contribution in [2.24, 2.45) is 0 Å².